The van der Waals surface area contributed by atoms with E-state index in [1.165, 1.54) is 6.33 Å². The van der Waals surface area contributed by atoms with Crippen molar-refractivity contribution >= 4 is 5.91 Å². The lowest BCUT2D eigenvalue weighted by Gasteiger charge is -2.17. The molecule has 0 saturated heterocycles. The quantitative estimate of drug-likeness (QED) is 0.725. The number of benzene rings is 1. The van der Waals surface area contributed by atoms with E-state index in [4.69, 9.17) is 4.74 Å². The van der Waals surface area contributed by atoms with Crippen molar-refractivity contribution in [3.8, 4) is 5.75 Å². The lowest BCUT2D eigenvalue weighted by atomic mass is 10.2. The van der Waals surface area contributed by atoms with E-state index in [2.05, 4.69) is 20.5 Å². The van der Waals surface area contributed by atoms with Crippen LogP contribution in [0.15, 0.2) is 36.7 Å². The summed E-state index contributed by atoms with van der Waals surface area (Å²) in [4.78, 5) is 16.1. The van der Waals surface area contributed by atoms with Gasteiger partial charge in [-0.3, -0.25) is 9.89 Å². The summed E-state index contributed by atoms with van der Waals surface area (Å²) in [6.07, 6.45) is 3.22. The average Bonchev–Trinajstić information content (AvgIpc) is 3.03. The maximum absolute atomic E-state index is 12.1. The molecule has 0 bridgehead atoms. The standard InChI is InChI=1S/C15H20N4O2/c1-2-13(21-12-7-4-3-5-8-12)15(20)16-10-6-9-14-17-11-18-19-14/h3-5,7-8,11,13H,2,6,9-10H2,1H3,(H,16,20)(H,17,18,19). The minimum atomic E-state index is -0.460. The minimum Gasteiger partial charge on any atom is -0.481 e. The summed E-state index contributed by atoms with van der Waals surface area (Å²) >= 11 is 0. The number of ether oxygens (including phenoxy) is 1. The molecule has 112 valence electrons. The van der Waals surface area contributed by atoms with Crippen LogP contribution in [0.5, 0.6) is 5.75 Å². The van der Waals surface area contributed by atoms with Crippen LogP contribution in [0.4, 0.5) is 0 Å². The first-order chi connectivity index (χ1) is 10.3. The van der Waals surface area contributed by atoms with E-state index >= 15 is 0 Å². The van der Waals surface area contributed by atoms with E-state index in [1.807, 2.05) is 37.3 Å². The molecule has 0 aliphatic carbocycles. The number of aromatic amines is 1. The second-order valence-corrected chi connectivity index (χ2v) is 4.65. The highest BCUT2D eigenvalue weighted by Crippen LogP contribution is 2.12. The van der Waals surface area contributed by atoms with Gasteiger partial charge in [-0.25, -0.2) is 4.98 Å². The SMILES string of the molecule is CCC(Oc1ccccc1)C(=O)NCCCc1ncn[nH]1. The van der Waals surface area contributed by atoms with Gasteiger partial charge in [0, 0.05) is 13.0 Å². The molecule has 2 aromatic rings. The van der Waals surface area contributed by atoms with Crippen molar-refractivity contribution in [2.75, 3.05) is 6.54 Å². The lowest BCUT2D eigenvalue weighted by Crippen LogP contribution is -2.38. The molecule has 0 radical (unpaired) electrons. The zero-order chi connectivity index (χ0) is 14.9. The Morgan fingerprint density at radius 2 is 2.19 bits per heavy atom. The Kier molecular flexibility index (Phi) is 5.75. The van der Waals surface area contributed by atoms with Gasteiger partial charge in [0.15, 0.2) is 6.10 Å². The summed E-state index contributed by atoms with van der Waals surface area (Å²) in [5, 5.41) is 9.46. The number of aromatic nitrogens is 3. The van der Waals surface area contributed by atoms with Gasteiger partial charge >= 0.3 is 0 Å². The number of amides is 1. The molecule has 1 heterocycles. The van der Waals surface area contributed by atoms with Crippen LogP contribution >= 0.6 is 0 Å². The number of carbonyl (C=O) groups excluding carboxylic acids is 1. The highest BCUT2D eigenvalue weighted by atomic mass is 16.5. The fourth-order valence-electron chi connectivity index (χ4n) is 1.92. The van der Waals surface area contributed by atoms with Gasteiger partial charge in [-0.05, 0) is 25.0 Å². The van der Waals surface area contributed by atoms with Crippen LogP contribution in [0.2, 0.25) is 0 Å². The maximum Gasteiger partial charge on any atom is 0.261 e. The molecular formula is C15H20N4O2. The van der Waals surface area contributed by atoms with E-state index in [1.54, 1.807) is 0 Å². The third-order valence-corrected chi connectivity index (χ3v) is 3.04. The Morgan fingerprint density at radius 1 is 1.38 bits per heavy atom. The molecule has 6 nitrogen and oxygen atoms in total. The first kappa shape index (κ1) is 15.0. The molecule has 0 fully saturated rings. The van der Waals surface area contributed by atoms with E-state index < -0.39 is 6.10 Å². The maximum atomic E-state index is 12.1. The van der Waals surface area contributed by atoms with Crippen molar-refractivity contribution in [1.82, 2.24) is 20.5 Å². The largest absolute Gasteiger partial charge is 0.481 e. The lowest BCUT2D eigenvalue weighted by molar-refractivity contribution is -0.128. The number of hydrogen-bond acceptors (Lipinski definition) is 4. The smallest absolute Gasteiger partial charge is 0.261 e. The van der Waals surface area contributed by atoms with E-state index in [-0.39, 0.29) is 5.91 Å². The monoisotopic (exact) mass is 288 g/mol. The molecule has 21 heavy (non-hydrogen) atoms. The molecule has 6 heteroatoms. The summed E-state index contributed by atoms with van der Waals surface area (Å²) in [6.45, 7) is 2.52. The fourth-order valence-corrected chi connectivity index (χ4v) is 1.92. The molecular weight excluding hydrogens is 268 g/mol. The van der Waals surface area contributed by atoms with Gasteiger partial charge in [0.2, 0.25) is 0 Å². The van der Waals surface area contributed by atoms with Crippen LogP contribution in [-0.4, -0.2) is 33.7 Å². The van der Waals surface area contributed by atoms with Gasteiger partial charge in [-0.1, -0.05) is 25.1 Å². The third-order valence-electron chi connectivity index (χ3n) is 3.04. The normalized spacial score (nSPS) is 11.9. The molecule has 1 atom stereocenters. The van der Waals surface area contributed by atoms with E-state index in [0.29, 0.717) is 18.7 Å². The minimum absolute atomic E-state index is 0.0843. The second kappa shape index (κ2) is 8.04. The van der Waals surface area contributed by atoms with Gasteiger partial charge in [0.05, 0.1) is 0 Å². The number of para-hydroxylation sites is 1. The third kappa shape index (κ3) is 4.91. The van der Waals surface area contributed by atoms with Crippen molar-refractivity contribution < 1.29 is 9.53 Å². The van der Waals surface area contributed by atoms with Gasteiger partial charge in [-0.2, -0.15) is 5.10 Å². The molecule has 1 aromatic heterocycles. The summed E-state index contributed by atoms with van der Waals surface area (Å²) < 4.78 is 5.69. The van der Waals surface area contributed by atoms with E-state index in [9.17, 15) is 4.79 Å². The van der Waals surface area contributed by atoms with Gasteiger partial charge < -0.3 is 10.1 Å². The van der Waals surface area contributed by atoms with Gasteiger partial charge in [-0.15, -0.1) is 0 Å². The summed E-state index contributed by atoms with van der Waals surface area (Å²) in [5.41, 5.74) is 0. The summed E-state index contributed by atoms with van der Waals surface area (Å²) in [7, 11) is 0. The average molecular weight is 288 g/mol. The number of H-pyrrole nitrogens is 1. The summed E-state index contributed by atoms with van der Waals surface area (Å²) in [5.74, 6) is 1.46. The van der Waals surface area contributed by atoms with Crippen molar-refractivity contribution in [3.63, 3.8) is 0 Å². The van der Waals surface area contributed by atoms with Crippen LogP contribution in [0.3, 0.4) is 0 Å². The van der Waals surface area contributed by atoms with E-state index in [0.717, 1.165) is 18.7 Å². The highest BCUT2D eigenvalue weighted by Gasteiger charge is 2.17. The number of hydrogen-bond donors (Lipinski definition) is 2. The number of aryl methyl sites for hydroxylation is 1. The van der Waals surface area contributed by atoms with Crippen LogP contribution < -0.4 is 10.1 Å². The van der Waals surface area contributed by atoms with Crippen LogP contribution in [0.25, 0.3) is 0 Å². The first-order valence-corrected chi connectivity index (χ1v) is 7.13. The van der Waals surface area contributed by atoms with Crippen LogP contribution in [0, 0.1) is 0 Å². The number of rotatable bonds is 8. The van der Waals surface area contributed by atoms with Crippen molar-refractivity contribution in [3.05, 3.63) is 42.5 Å². The Balaban J connectivity index is 1.72. The van der Waals surface area contributed by atoms with Crippen LogP contribution in [0.1, 0.15) is 25.6 Å². The zero-order valence-corrected chi connectivity index (χ0v) is 12.1. The molecule has 2 N–H and O–H groups in total. The predicted octanol–water partition coefficient (Wildman–Crippen LogP) is 1.71. The topological polar surface area (TPSA) is 79.9 Å². The number of nitrogens with zero attached hydrogens (tertiary/aromatic N) is 2. The Bertz CT molecular complexity index is 528. The molecule has 0 spiro atoms. The molecule has 0 aliphatic rings. The molecule has 1 aromatic carbocycles. The number of nitrogens with one attached hydrogen (secondary N) is 2. The van der Waals surface area contributed by atoms with Gasteiger partial charge in [0.25, 0.3) is 5.91 Å². The Labute approximate surface area is 123 Å². The van der Waals surface area contributed by atoms with Crippen molar-refractivity contribution in [2.24, 2.45) is 0 Å². The molecule has 1 unspecified atom stereocenters. The fraction of sp³-hybridized carbons (Fsp3) is 0.400. The Hall–Kier alpha value is -2.37. The zero-order valence-electron chi connectivity index (χ0n) is 12.1. The molecule has 0 aliphatic heterocycles. The molecule has 1 amide bonds. The van der Waals surface area contributed by atoms with Gasteiger partial charge in [0.1, 0.15) is 17.9 Å². The highest BCUT2D eigenvalue weighted by molar-refractivity contribution is 5.81. The first-order valence-electron chi connectivity index (χ1n) is 7.13. The molecule has 2 rings (SSSR count). The van der Waals surface area contributed by atoms with Crippen LogP contribution in [-0.2, 0) is 11.2 Å². The van der Waals surface area contributed by atoms with Crippen molar-refractivity contribution in [1.29, 1.82) is 0 Å². The predicted molar refractivity (Wildman–Crippen MR) is 78.9 cm³/mol. The number of carbonyl (C=O) groups is 1. The summed E-state index contributed by atoms with van der Waals surface area (Å²) in [6, 6.07) is 9.38. The van der Waals surface area contributed by atoms with Crippen molar-refractivity contribution in [2.45, 2.75) is 32.3 Å². The molecule has 0 saturated carbocycles. The second-order valence-electron chi connectivity index (χ2n) is 4.65. The Morgan fingerprint density at radius 3 is 2.86 bits per heavy atom.